The van der Waals surface area contributed by atoms with Gasteiger partial charge in [0.15, 0.2) is 0 Å². The predicted octanol–water partition coefficient (Wildman–Crippen LogP) is 2.96. The molecule has 0 aliphatic rings. The molecule has 0 fully saturated rings. The highest BCUT2D eigenvalue weighted by Gasteiger charge is 2.13. The average Bonchev–Trinajstić information content (AvgIpc) is 2.54. The first kappa shape index (κ1) is 11.1. The first-order valence-corrected chi connectivity index (χ1v) is 5.87. The van der Waals surface area contributed by atoms with Gasteiger partial charge in [-0.05, 0) is 18.9 Å². The molecule has 0 aliphatic heterocycles. The summed E-state index contributed by atoms with van der Waals surface area (Å²) in [4.78, 5) is 9.26. The lowest BCUT2D eigenvalue weighted by Gasteiger charge is -2.08. The third kappa shape index (κ3) is 1.60. The van der Waals surface area contributed by atoms with Crippen molar-refractivity contribution in [1.29, 1.82) is 0 Å². The van der Waals surface area contributed by atoms with Gasteiger partial charge in [0.1, 0.15) is 11.5 Å². The minimum Gasteiger partial charge on any atom is -0.333 e. The first-order valence-electron chi connectivity index (χ1n) is 5.87. The van der Waals surface area contributed by atoms with Gasteiger partial charge in [-0.1, -0.05) is 20.8 Å². The van der Waals surface area contributed by atoms with Crippen LogP contribution >= 0.6 is 0 Å². The van der Waals surface area contributed by atoms with Gasteiger partial charge in [-0.25, -0.2) is 9.97 Å². The van der Waals surface area contributed by atoms with Crippen molar-refractivity contribution in [2.45, 2.75) is 40.0 Å². The zero-order valence-corrected chi connectivity index (χ0v) is 10.7. The smallest absolute Gasteiger partial charge is 0.143 e. The number of aryl methyl sites for hydroxylation is 3. The van der Waals surface area contributed by atoms with Crippen molar-refractivity contribution < 1.29 is 0 Å². The van der Waals surface area contributed by atoms with Gasteiger partial charge in [0, 0.05) is 24.5 Å². The van der Waals surface area contributed by atoms with Crippen molar-refractivity contribution >= 4 is 11.0 Å². The second-order valence-electron chi connectivity index (χ2n) is 4.62. The summed E-state index contributed by atoms with van der Waals surface area (Å²) in [6, 6.07) is 2.18. The molecule has 16 heavy (non-hydrogen) atoms. The zero-order valence-electron chi connectivity index (χ0n) is 10.7. The standard InChI is InChI=1S/C13H19N3/c1-6-11-14-12(8(2)3)10-7-9(4)16(5)13(10)15-11/h7-8H,6H2,1-5H3. The highest BCUT2D eigenvalue weighted by molar-refractivity contribution is 5.80. The molecule has 0 radical (unpaired) electrons. The summed E-state index contributed by atoms with van der Waals surface area (Å²) in [5, 5.41) is 1.20. The van der Waals surface area contributed by atoms with Gasteiger partial charge in [0.2, 0.25) is 0 Å². The van der Waals surface area contributed by atoms with E-state index in [0.29, 0.717) is 5.92 Å². The summed E-state index contributed by atoms with van der Waals surface area (Å²) >= 11 is 0. The highest BCUT2D eigenvalue weighted by atomic mass is 15.0. The number of nitrogens with zero attached hydrogens (tertiary/aromatic N) is 3. The van der Waals surface area contributed by atoms with E-state index >= 15 is 0 Å². The molecule has 0 aromatic carbocycles. The summed E-state index contributed by atoms with van der Waals surface area (Å²) in [6.07, 6.45) is 0.889. The van der Waals surface area contributed by atoms with Crippen molar-refractivity contribution in [2.75, 3.05) is 0 Å². The third-order valence-corrected chi connectivity index (χ3v) is 3.06. The minimum absolute atomic E-state index is 0.442. The lowest BCUT2D eigenvalue weighted by atomic mass is 10.1. The lowest BCUT2D eigenvalue weighted by Crippen LogP contribution is -2.03. The van der Waals surface area contributed by atoms with Gasteiger partial charge in [0.25, 0.3) is 0 Å². The second kappa shape index (κ2) is 3.89. The van der Waals surface area contributed by atoms with E-state index in [4.69, 9.17) is 0 Å². The Morgan fingerprint density at radius 2 is 2.00 bits per heavy atom. The number of rotatable bonds is 2. The summed E-state index contributed by atoms with van der Waals surface area (Å²) in [5.74, 6) is 1.38. The molecule has 3 heteroatoms. The van der Waals surface area contributed by atoms with E-state index in [1.165, 1.54) is 16.8 Å². The van der Waals surface area contributed by atoms with E-state index in [9.17, 15) is 0 Å². The van der Waals surface area contributed by atoms with Gasteiger partial charge in [0.05, 0.1) is 5.69 Å². The maximum absolute atomic E-state index is 4.65. The fourth-order valence-corrected chi connectivity index (χ4v) is 1.99. The topological polar surface area (TPSA) is 30.7 Å². The Kier molecular flexibility index (Phi) is 2.70. The van der Waals surface area contributed by atoms with E-state index in [1.807, 2.05) is 0 Å². The highest BCUT2D eigenvalue weighted by Crippen LogP contribution is 2.25. The van der Waals surface area contributed by atoms with Crippen LogP contribution in [0.2, 0.25) is 0 Å². The molecule has 0 saturated carbocycles. The van der Waals surface area contributed by atoms with Crippen molar-refractivity contribution in [3.8, 4) is 0 Å². The Morgan fingerprint density at radius 3 is 2.56 bits per heavy atom. The van der Waals surface area contributed by atoms with Gasteiger partial charge >= 0.3 is 0 Å². The number of aromatic nitrogens is 3. The van der Waals surface area contributed by atoms with Crippen LogP contribution in [0.4, 0.5) is 0 Å². The molecule has 86 valence electrons. The molecular weight excluding hydrogens is 198 g/mol. The predicted molar refractivity (Wildman–Crippen MR) is 66.7 cm³/mol. The van der Waals surface area contributed by atoms with Crippen LogP contribution < -0.4 is 0 Å². The lowest BCUT2D eigenvalue weighted by molar-refractivity contribution is 0.796. The van der Waals surface area contributed by atoms with Crippen LogP contribution in [0.25, 0.3) is 11.0 Å². The Morgan fingerprint density at radius 1 is 1.31 bits per heavy atom. The number of hydrogen-bond acceptors (Lipinski definition) is 2. The Labute approximate surface area is 96.5 Å². The van der Waals surface area contributed by atoms with Crippen molar-refractivity contribution in [1.82, 2.24) is 14.5 Å². The Bertz CT molecular complexity index is 523. The average molecular weight is 217 g/mol. The van der Waals surface area contributed by atoms with Crippen LogP contribution in [0.1, 0.15) is 43.9 Å². The normalized spacial score (nSPS) is 11.6. The van der Waals surface area contributed by atoms with Crippen LogP contribution in [0.3, 0.4) is 0 Å². The van der Waals surface area contributed by atoms with Crippen molar-refractivity contribution in [2.24, 2.45) is 7.05 Å². The molecule has 2 aromatic heterocycles. The first-order chi connectivity index (χ1) is 7.54. The minimum atomic E-state index is 0.442. The maximum atomic E-state index is 4.65. The van der Waals surface area contributed by atoms with E-state index in [1.54, 1.807) is 0 Å². The van der Waals surface area contributed by atoms with Crippen molar-refractivity contribution in [3.05, 3.63) is 23.3 Å². The zero-order chi connectivity index (χ0) is 11.9. The molecule has 2 rings (SSSR count). The second-order valence-corrected chi connectivity index (χ2v) is 4.62. The molecule has 0 spiro atoms. The molecule has 0 bridgehead atoms. The molecule has 0 atom stereocenters. The largest absolute Gasteiger partial charge is 0.333 e. The quantitative estimate of drug-likeness (QED) is 0.774. The van der Waals surface area contributed by atoms with E-state index in [-0.39, 0.29) is 0 Å². The van der Waals surface area contributed by atoms with Crippen LogP contribution in [0.15, 0.2) is 6.07 Å². The summed E-state index contributed by atoms with van der Waals surface area (Å²) in [6.45, 7) is 8.57. The van der Waals surface area contributed by atoms with Gasteiger partial charge in [-0.15, -0.1) is 0 Å². The fraction of sp³-hybridized carbons (Fsp3) is 0.538. The molecule has 2 aromatic rings. The van der Waals surface area contributed by atoms with Crippen LogP contribution in [0, 0.1) is 6.92 Å². The van der Waals surface area contributed by atoms with E-state index < -0.39 is 0 Å². The monoisotopic (exact) mass is 217 g/mol. The molecular formula is C13H19N3. The Hall–Kier alpha value is -1.38. The van der Waals surface area contributed by atoms with Gasteiger partial charge in [-0.3, -0.25) is 0 Å². The molecule has 3 nitrogen and oxygen atoms in total. The van der Waals surface area contributed by atoms with Crippen LogP contribution in [-0.2, 0) is 13.5 Å². The van der Waals surface area contributed by atoms with Crippen LogP contribution in [0.5, 0.6) is 0 Å². The van der Waals surface area contributed by atoms with Gasteiger partial charge < -0.3 is 4.57 Å². The summed E-state index contributed by atoms with van der Waals surface area (Å²) in [7, 11) is 2.06. The molecule has 0 aliphatic carbocycles. The molecule has 0 amide bonds. The summed E-state index contributed by atoms with van der Waals surface area (Å²) in [5.41, 5.74) is 3.47. The maximum Gasteiger partial charge on any atom is 0.143 e. The third-order valence-electron chi connectivity index (χ3n) is 3.06. The number of hydrogen-bond donors (Lipinski definition) is 0. The Balaban J connectivity index is 2.82. The van der Waals surface area contributed by atoms with Crippen LogP contribution in [-0.4, -0.2) is 14.5 Å². The molecule has 2 heterocycles. The number of fused-ring (bicyclic) bond motifs is 1. The van der Waals surface area contributed by atoms with E-state index in [2.05, 4.69) is 55.3 Å². The van der Waals surface area contributed by atoms with E-state index in [0.717, 1.165) is 17.9 Å². The molecule has 0 unspecified atom stereocenters. The van der Waals surface area contributed by atoms with Crippen molar-refractivity contribution in [3.63, 3.8) is 0 Å². The summed E-state index contributed by atoms with van der Waals surface area (Å²) < 4.78 is 2.14. The molecule has 0 saturated heterocycles. The SMILES string of the molecule is CCc1nc(C(C)C)c2cc(C)n(C)c2n1. The van der Waals surface area contributed by atoms with Gasteiger partial charge in [-0.2, -0.15) is 0 Å². The fourth-order valence-electron chi connectivity index (χ4n) is 1.99. The molecule has 0 N–H and O–H groups in total.